The number of aryl methyl sites for hydroxylation is 1. The van der Waals surface area contributed by atoms with E-state index >= 15 is 0 Å². The van der Waals surface area contributed by atoms with Gasteiger partial charge >= 0.3 is 0 Å². The monoisotopic (exact) mass is 374 g/mol. The largest absolute Gasteiger partial charge is 0.493 e. The molecule has 0 radical (unpaired) electrons. The average Bonchev–Trinajstić information content (AvgIpc) is 3.03. The van der Waals surface area contributed by atoms with E-state index in [1.165, 1.54) is 0 Å². The molecule has 2 aromatic heterocycles. The molecule has 1 aromatic carbocycles. The Labute approximate surface area is 159 Å². The van der Waals surface area contributed by atoms with Crippen molar-refractivity contribution in [3.8, 4) is 22.8 Å². The van der Waals surface area contributed by atoms with Gasteiger partial charge in [-0.25, -0.2) is 0 Å². The predicted molar refractivity (Wildman–Crippen MR) is 104 cm³/mol. The Hall–Kier alpha value is -2.57. The van der Waals surface area contributed by atoms with Gasteiger partial charge < -0.3 is 14.8 Å². The first kappa shape index (κ1) is 19.8. The molecule has 0 unspecified atom stereocenters. The predicted octanol–water partition coefficient (Wildman–Crippen LogP) is 3.08. The molecule has 0 bridgehead atoms. The quantitative estimate of drug-likeness (QED) is 0.614. The second-order valence-electron chi connectivity index (χ2n) is 5.59. The van der Waals surface area contributed by atoms with Gasteiger partial charge in [0.25, 0.3) is 0 Å². The van der Waals surface area contributed by atoms with E-state index in [4.69, 9.17) is 9.47 Å². The Kier molecular flexibility index (Phi) is 7.44. The topological polar surface area (TPSA) is 61.2 Å². The van der Waals surface area contributed by atoms with Gasteiger partial charge in [0.15, 0.2) is 11.5 Å². The minimum absolute atomic E-state index is 0. The summed E-state index contributed by atoms with van der Waals surface area (Å²) < 4.78 is 12.9. The zero-order valence-corrected chi connectivity index (χ0v) is 15.7. The highest BCUT2D eigenvalue weighted by molar-refractivity contribution is 5.85. The number of pyridine rings is 1. The maximum atomic E-state index is 5.77. The van der Waals surface area contributed by atoms with E-state index in [2.05, 4.69) is 15.4 Å². The van der Waals surface area contributed by atoms with Crippen LogP contribution in [0.25, 0.3) is 11.3 Å². The van der Waals surface area contributed by atoms with Crippen molar-refractivity contribution in [3.05, 3.63) is 60.6 Å². The third-order valence-electron chi connectivity index (χ3n) is 3.78. The summed E-state index contributed by atoms with van der Waals surface area (Å²) in [5, 5.41) is 7.95. The van der Waals surface area contributed by atoms with Crippen molar-refractivity contribution in [2.75, 3.05) is 20.3 Å². The van der Waals surface area contributed by atoms with Crippen molar-refractivity contribution < 1.29 is 9.47 Å². The van der Waals surface area contributed by atoms with Gasteiger partial charge in [-0.15, -0.1) is 12.4 Å². The number of para-hydroxylation sites is 2. The fourth-order valence-electron chi connectivity index (χ4n) is 2.61. The molecule has 7 heteroatoms. The van der Waals surface area contributed by atoms with Gasteiger partial charge in [-0.05, 0) is 24.3 Å². The van der Waals surface area contributed by atoms with Crippen LogP contribution in [0.1, 0.15) is 5.56 Å². The molecule has 138 valence electrons. The molecule has 3 rings (SSSR count). The Morgan fingerprint density at radius 2 is 1.81 bits per heavy atom. The lowest BCUT2D eigenvalue weighted by atomic mass is 10.1. The summed E-state index contributed by atoms with van der Waals surface area (Å²) in [7, 11) is 3.57. The smallest absolute Gasteiger partial charge is 0.161 e. The summed E-state index contributed by atoms with van der Waals surface area (Å²) in [6, 6.07) is 11.6. The van der Waals surface area contributed by atoms with Crippen LogP contribution >= 0.6 is 12.4 Å². The van der Waals surface area contributed by atoms with E-state index in [0.29, 0.717) is 6.61 Å². The lowest BCUT2D eigenvalue weighted by molar-refractivity contribution is 0.292. The Balaban J connectivity index is 0.00000243. The molecule has 0 amide bonds. The Morgan fingerprint density at radius 3 is 2.54 bits per heavy atom. The molecular formula is C19H23ClN4O2. The molecule has 0 fully saturated rings. The molecule has 0 saturated carbocycles. The summed E-state index contributed by atoms with van der Waals surface area (Å²) in [4.78, 5) is 4.06. The molecule has 0 aliphatic heterocycles. The number of nitrogens with zero attached hydrogens (tertiary/aromatic N) is 3. The lowest BCUT2D eigenvalue weighted by Crippen LogP contribution is -2.20. The number of nitrogens with one attached hydrogen (secondary N) is 1. The van der Waals surface area contributed by atoms with Crippen molar-refractivity contribution in [2.45, 2.75) is 6.54 Å². The number of ether oxygens (including phenoxy) is 2. The fraction of sp³-hybridized carbons (Fsp3) is 0.263. The van der Waals surface area contributed by atoms with Gasteiger partial charge in [-0.2, -0.15) is 5.10 Å². The molecule has 6 nitrogen and oxygen atoms in total. The van der Waals surface area contributed by atoms with Crippen LogP contribution in [0.2, 0.25) is 0 Å². The summed E-state index contributed by atoms with van der Waals surface area (Å²) >= 11 is 0. The van der Waals surface area contributed by atoms with Gasteiger partial charge in [0.05, 0.1) is 12.8 Å². The van der Waals surface area contributed by atoms with Gasteiger partial charge in [-0.3, -0.25) is 9.67 Å². The van der Waals surface area contributed by atoms with Crippen LogP contribution in [0.4, 0.5) is 0 Å². The number of methoxy groups -OCH3 is 1. The maximum Gasteiger partial charge on any atom is 0.161 e. The van der Waals surface area contributed by atoms with E-state index in [0.717, 1.165) is 41.4 Å². The summed E-state index contributed by atoms with van der Waals surface area (Å²) in [5.74, 6) is 1.50. The molecule has 1 N–H and O–H groups in total. The standard InChI is InChI=1S/C19H22N4O2.ClH/c1-23-14-16(19(22-23)15-7-9-20-10-8-15)13-21-11-12-25-18-6-4-3-5-17(18)24-2;/h3-10,14,21H,11-13H2,1-2H3;1H. The molecule has 2 heterocycles. The van der Waals surface area contributed by atoms with E-state index in [1.807, 2.05) is 54.3 Å². The first-order valence-corrected chi connectivity index (χ1v) is 8.17. The SMILES string of the molecule is COc1ccccc1OCCNCc1cn(C)nc1-c1ccncc1.Cl. The number of rotatable bonds is 8. The van der Waals surface area contributed by atoms with Crippen molar-refractivity contribution >= 4 is 12.4 Å². The highest BCUT2D eigenvalue weighted by atomic mass is 35.5. The Bertz CT molecular complexity index is 808. The highest BCUT2D eigenvalue weighted by Gasteiger charge is 2.09. The molecule has 0 saturated heterocycles. The van der Waals surface area contributed by atoms with Crippen LogP contribution in [-0.2, 0) is 13.6 Å². The molecular weight excluding hydrogens is 352 g/mol. The van der Waals surface area contributed by atoms with Gasteiger partial charge in [0.1, 0.15) is 6.61 Å². The van der Waals surface area contributed by atoms with Crippen LogP contribution in [0.15, 0.2) is 55.0 Å². The first-order valence-electron chi connectivity index (χ1n) is 8.17. The third kappa shape index (κ3) is 4.97. The van der Waals surface area contributed by atoms with Crippen LogP contribution < -0.4 is 14.8 Å². The second kappa shape index (κ2) is 9.79. The molecule has 3 aromatic rings. The number of benzene rings is 1. The molecule has 26 heavy (non-hydrogen) atoms. The molecule has 0 atom stereocenters. The minimum Gasteiger partial charge on any atom is -0.493 e. The minimum atomic E-state index is 0. The fourth-order valence-corrected chi connectivity index (χ4v) is 2.61. The van der Waals surface area contributed by atoms with Gasteiger partial charge in [0, 0.05) is 49.9 Å². The highest BCUT2D eigenvalue weighted by Crippen LogP contribution is 2.25. The van der Waals surface area contributed by atoms with Crippen LogP contribution in [0.3, 0.4) is 0 Å². The van der Waals surface area contributed by atoms with Gasteiger partial charge in [-0.1, -0.05) is 12.1 Å². The van der Waals surface area contributed by atoms with Crippen molar-refractivity contribution in [2.24, 2.45) is 7.05 Å². The summed E-state index contributed by atoms with van der Waals surface area (Å²) in [6.07, 6.45) is 5.59. The Morgan fingerprint density at radius 1 is 1.08 bits per heavy atom. The first-order chi connectivity index (χ1) is 12.3. The summed E-state index contributed by atoms with van der Waals surface area (Å²) in [6.45, 7) is 2.01. The van der Waals surface area contributed by atoms with Crippen molar-refractivity contribution in [1.82, 2.24) is 20.1 Å². The van der Waals surface area contributed by atoms with E-state index < -0.39 is 0 Å². The number of halogens is 1. The third-order valence-corrected chi connectivity index (χ3v) is 3.78. The van der Waals surface area contributed by atoms with Crippen LogP contribution in [-0.4, -0.2) is 35.0 Å². The van der Waals surface area contributed by atoms with E-state index in [1.54, 1.807) is 19.5 Å². The van der Waals surface area contributed by atoms with Crippen LogP contribution in [0, 0.1) is 0 Å². The molecule has 0 spiro atoms. The maximum absolute atomic E-state index is 5.77. The van der Waals surface area contributed by atoms with E-state index in [9.17, 15) is 0 Å². The number of hydrogen-bond donors (Lipinski definition) is 1. The zero-order valence-electron chi connectivity index (χ0n) is 14.9. The normalized spacial score (nSPS) is 10.2. The molecule has 0 aliphatic carbocycles. The number of hydrogen-bond acceptors (Lipinski definition) is 5. The van der Waals surface area contributed by atoms with E-state index in [-0.39, 0.29) is 12.4 Å². The number of aromatic nitrogens is 3. The zero-order chi connectivity index (χ0) is 17.5. The van der Waals surface area contributed by atoms with Crippen molar-refractivity contribution in [1.29, 1.82) is 0 Å². The van der Waals surface area contributed by atoms with Crippen LogP contribution in [0.5, 0.6) is 11.5 Å². The van der Waals surface area contributed by atoms with Gasteiger partial charge in [0.2, 0.25) is 0 Å². The summed E-state index contributed by atoms with van der Waals surface area (Å²) in [5.41, 5.74) is 3.19. The average molecular weight is 375 g/mol. The lowest BCUT2D eigenvalue weighted by Gasteiger charge is -2.10. The second-order valence-corrected chi connectivity index (χ2v) is 5.59. The van der Waals surface area contributed by atoms with Crippen molar-refractivity contribution in [3.63, 3.8) is 0 Å². The molecule has 0 aliphatic rings.